The number of aliphatic imine (C=N–C) groups is 1. The summed E-state index contributed by atoms with van der Waals surface area (Å²) < 4.78 is 1.90. The highest BCUT2D eigenvalue weighted by molar-refractivity contribution is 14.0. The van der Waals surface area contributed by atoms with Gasteiger partial charge in [-0.15, -0.1) is 35.3 Å². The van der Waals surface area contributed by atoms with Gasteiger partial charge in [-0.3, -0.25) is 14.6 Å². The maximum atomic E-state index is 5.06. The quantitative estimate of drug-likeness (QED) is 0.313. The van der Waals surface area contributed by atoms with Crippen LogP contribution in [0, 0.1) is 18.8 Å². The number of piperidine rings is 1. The fourth-order valence-corrected chi connectivity index (χ4v) is 5.38. The second kappa shape index (κ2) is 12.3. The number of nitrogens with one attached hydrogen (secondary N) is 1. The Hall–Kier alpha value is -1.20. The molecule has 2 aromatic heterocycles. The molecule has 4 heterocycles. The van der Waals surface area contributed by atoms with Gasteiger partial charge in [-0.1, -0.05) is 0 Å². The highest BCUT2D eigenvalue weighted by Gasteiger charge is 2.26. The standard InChI is InChI=1S/C23H37N7S.HI/c1-4-24-23(30-10-7-20(15-30)11-21-13-26-28(3)14-21)25-12-19-5-8-29(9-6-19)16-22-17-31-18(2)27-22;/h13-14,17,19-20H,4-12,15-16H2,1-3H3,(H,24,25);1H. The number of rotatable bonds is 7. The molecule has 1 N–H and O–H groups in total. The van der Waals surface area contributed by atoms with Crippen LogP contribution in [-0.4, -0.2) is 69.8 Å². The highest BCUT2D eigenvalue weighted by atomic mass is 127. The monoisotopic (exact) mass is 571 g/mol. The Morgan fingerprint density at radius 3 is 2.66 bits per heavy atom. The minimum Gasteiger partial charge on any atom is -0.357 e. The predicted molar refractivity (Wildman–Crippen MR) is 143 cm³/mol. The molecule has 0 aromatic carbocycles. The smallest absolute Gasteiger partial charge is 0.193 e. The summed E-state index contributed by atoms with van der Waals surface area (Å²) in [6, 6.07) is 0. The van der Waals surface area contributed by atoms with Crippen LogP contribution in [0.15, 0.2) is 22.8 Å². The molecule has 1 unspecified atom stereocenters. The van der Waals surface area contributed by atoms with E-state index < -0.39 is 0 Å². The topological polar surface area (TPSA) is 61.6 Å². The molecule has 9 heteroatoms. The van der Waals surface area contributed by atoms with Crippen LogP contribution in [-0.2, 0) is 20.0 Å². The molecule has 0 amide bonds. The van der Waals surface area contributed by atoms with E-state index in [0.29, 0.717) is 11.8 Å². The summed E-state index contributed by atoms with van der Waals surface area (Å²) in [6.45, 7) is 11.6. The fourth-order valence-electron chi connectivity index (χ4n) is 4.78. The summed E-state index contributed by atoms with van der Waals surface area (Å²) in [6.07, 6.45) is 8.95. The Bertz CT molecular complexity index is 856. The van der Waals surface area contributed by atoms with Crippen molar-refractivity contribution in [3.05, 3.63) is 34.0 Å². The molecule has 2 aromatic rings. The number of guanidine groups is 1. The Labute approximate surface area is 213 Å². The van der Waals surface area contributed by atoms with E-state index in [1.165, 1.54) is 35.5 Å². The first-order chi connectivity index (χ1) is 15.1. The van der Waals surface area contributed by atoms with Crippen molar-refractivity contribution < 1.29 is 0 Å². The van der Waals surface area contributed by atoms with Gasteiger partial charge < -0.3 is 10.2 Å². The van der Waals surface area contributed by atoms with Crippen LogP contribution in [0.25, 0.3) is 0 Å². The lowest BCUT2D eigenvalue weighted by Crippen LogP contribution is -2.41. The van der Waals surface area contributed by atoms with E-state index in [2.05, 4.69) is 50.6 Å². The number of hydrogen-bond donors (Lipinski definition) is 1. The number of likely N-dealkylation sites (tertiary alicyclic amines) is 2. The van der Waals surface area contributed by atoms with Crippen molar-refractivity contribution in [3.63, 3.8) is 0 Å². The summed E-state index contributed by atoms with van der Waals surface area (Å²) in [4.78, 5) is 14.7. The molecule has 2 aliphatic heterocycles. The number of halogens is 1. The van der Waals surface area contributed by atoms with Gasteiger partial charge >= 0.3 is 0 Å². The van der Waals surface area contributed by atoms with Gasteiger partial charge in [0.25, 0.3) is 0 Å². The van der Waals surface area contributed by atoms with Crippen LogP contribution in [0.5, 0.6) is 0 Å². The molecule has 7 nitrogen and oxygen atoms in total. The second-order valence-electron chi connectivity index (χ2n) is 9.10. The first-order valence-corrected chi connectivity index (χ1v) is 12.6. The number of hydrogen-bond acceptors (Lipinski definition) is 5. The van der Waals surface area contributed by atoms with E-state index in [-0.39, 0.29) is 24.0 Å². The summed E-state index contributed by atoms with van der Waals surface area (Å²) >= 11 is 1.75. The Morgan fingerprint density at radius 1 is 1.22 bits per heavy atom. The molecule has 178 valence electrons. The number of aromatic nitrogens is 3. The molecule has 0 bridgehead atoms. The van der Waals surface area contributed by atoms with E-state index in [1.54, 1.807) is 11.3 Å². The van der Waals surface area contributed by atoms with Crippen molar-refractivity contribution in [1.29, 1.82) is 0 Å². The van der Waals surface area contributed by atoms with Crippen molar-refractivity contribution in [2.24, 2.45) is 23.9 Å². The summed E-state index contributed by atoms with van der Waals surface area (Å²) in [5.74, 6) is 2.48. The Kier molecular flexibility index (Phi) is 9.78. The lowest BCUT2D eigenvalue weighted by atomic mass is 9.97. The molecule has 32 heavy (non-hydrogen) atoms. The molecule has 2 fully saturated rings. The van der Waals surface area contributed by atoms with Gasteiger partial charge in [0, 0.05) is 51.3 Å². The second-order valence-corrected chi connectivity index (χ2v) is 10.2. The zero-order valence-electron chi connectivity index (χ0n) is 19.7. The molecule has 0 spiro atoms. The number of aryl methyl sites for hydroxylation is 2. The molecular weight excluding hydrogens is 533 g/mol. The summed E-state index contributed by atoms with van der Waals surface area (Å²) in [7, 11) is 1.99. The third kappa shape index (κ3) is 7.15. The number of nitrogens with zero attached hydrogens (tertiary/aromatic N) is 6. The highest BCUT2D eigenvalue weighted by Crippen LogP contribution is 2.22. The summed E-state index contributed by atoms with van der Waals surface area (Å²) in [5.41, 5.74) is 2.57. The lowest BCUT2D eigenvalue weighted by Gasteiger charge is -2.31. The lowest BCUT2D eigenvalue weighted by molar-refractivity contribution is 0.179. The third-order valence-electron chi connectivity index (χ3n) is 6.46. The van der Waals surface area contributed by atoms with Gasteiger partial charge in [-0.2, -0.15) is 5.10 Å². The normalized spacial score (nSPS) is 20.5. The molecule has 0 saturated carbocycles. The van der Waals surface area contributed by atoms with Crippen molar-refractivity contribution >= 4 is 41.3 Å². The van der Waals surface area contributed by atoms with Crippen molar-refractivity contribution in [2.45, 2.75) is 46.1 Å². The van der Waals surface area contributed by atoms with Gasteiger partial charge in [0.05, 0.1) is 16.9 Å². The van der Waals surface area contributed by atoms with E-state index >= 15 is 0 Å². The van der Waals surface area contributed by atoms with Gasteiger partial charge in [0.2, 0.25) is 0 Å². The van der Waals surface area contributed by atoms with Gasteiger partial charge in [0.1, 0.15) is 0 Å². The SMILES string of the molecule is CCNC(=NCC1CCN(Cc2csc(C)n2)CC1)N1CCC(Cc2cnn(C)c2)C1.I. The third-order valence-corrected chi connectivity index (χ3v) is 7.28. The summed E-state index contributed by atoms with van der Waals surface area (Å²) in [5, 5.41) is 11.2. The molecule has 0 radical (unpaired) electrons. The fraction of sp³-hybridized carbons (Fsp3) is 0.696. The minimum absolute atomic E-state index is 0. The van der Waals surface area contributed by atoms with Crippen LogP contribution < -0.4 is 5.32 Å². The van der Waals surface area contributed by atoms with E-state index in [1.807, 2.05) is 17.9 Å². The van der Waals surface area contributed by atoms with Crippen molar-refractivity contribution in [3.8, 4) is 0 Å². The average Bonchev–Trinajstić information content (AvgIpc) is 3.49. The first kappa shape index (κ1) is 25.4. The Morgan fingerprint density at radius 2 is 2.00 bits per heavy atom. The van der Waals surface area contributed by atoms with Gasteiger partial charge in [0.15, 0.2) is 5.96 Å². The van der Waals surface area contributed by atoms with Crippen LogP contribution in [0.2, 0.25) is 0 Å². The van der Waals surface area contributed by atoms with Crippen LogP contribution in [0.1, 0.15) is 42.5 Å². The van der Waals surface area contributed by atoms with E-state index in [0.717, 1.165) is 58.2 Å². The predicted octanol–water partition coefficient (Wildman–Crippen LogP) is 3.55. The molecule has 2 aliphatic rings. The minimum atomic E-state index is 0. The Balaban J connectivity index is 0.00000289. The molecular formula is C23H38IN7S. The van der Waals surface area contributed by atoms with Crippen molar-refractivity contribution in [1.82, 2.24) is 29.9 Å². The first-order valence-electron chi connectivity index (χ1n) is 11.7. The number of thiazole rings is 1. The zero-order valence-corrected chi connectivity index (χ0v) is 22.8. The largest absolute Gasteiger partial charge is 0.357 e. The molecule has 4 rings (SSSR count). The zero-order chi connectivity index (χ0) is 21.6. The molecule has 0 aliphatic carbocycles. The van der Waals surface area contributed by atoms with Crippen LogP contribution in [0.4, 0.5) is 0 Å². The van der Waals surface area contributed by atoms with Gasteiger partial charge in [-0.05, 0) is 70.0 Å². The van der Waals surface area contributed by atoms with E-state index in [4.69, 9.17) is 4.99 Å². The van der Waals surface area contributed by atoms with E-state index in [9.17, 15) is 0 Å². The molecule has 1 atom stereocenters. The van der Waals surface area contributed by atoms with Gasteiger partial charge in [-0.25, -0.2) is 4.98 Å². The van der Waals surface area contributed by atoms with Crippen molar-refractivity contribution in [2.75, 3.05) is 39.3 Å². The molecule has 2 saturated heterocycles. The maximum absolute atomic E-state index is 5.06. The average molecular weight is 572 g/mol. The maximum Gasteiger partial charge on any atom is 0.193 e. The van der Waals surface area contributed by atoms with Crippen LogP contribution >= 0.6 is 35.3 Å². The van der Waals surface area contributed by atoms with Crippen LogP contribution in [0.3, 0.4) is 0 Å².